The molecule has 0 fully saturated rings. The van der Waals surface area contributed by atoms with E-state index in [0.29, 0.717) is 6.42 Å². The summed E-state index contributed by atoms with van der Waals surface area (Å²) in [6.45, 7) is 6.20. The molecule has 14 heavy (non-hydrogen) atoms. The van der Waals surface area contributed by atoms with Crippen molar-refractivity contribution in [1.82, 2.24) is 0 Å². The number of carbonyl (C=O) groups is 1. The predicted molar refractivity (Wildman–Crippen MR) is 58.2 cm³/mol. The molecule has 0 saturated carbocycles. The SMILES string of the molecule is Cc1cc(C)c(C#CCC=O)cc1C. The normalized spacial score (nSPS) is 9.07. The van der Waals surface area contributed by atoms with E-state index in [1.54, 1.807) is 0 Å². The van der Waals surface area contributed by atoms with Crippen molar-refractivity contribution in [3.63, 3.8) is 0 Å². The minimum Gasteiger partial charge on any atom is -0.302 e. The van der Waals surface area contributed by atoms with Crippen LogP contribution in [-0.2, 0) is 4.79 Å². The third-order valence-corrected chi connectivity index (χ3v) is 2.25. The molecule has 0 heterocycles. The molecular formula is C13H14O. The highest BCUT2D eigenvalue weighted by molar-refractivity contribution is 5.55. The van der Waals surface area contributed by atoms with Crippen molar-refractivity contribution in [3.05, 3.63) is 34.4 Å². The van der Waals surface area contributed by atoms with Crippen molar-refractivity contribution >= 4 is 6.29 Å². The van der Waals surface area contributed by atoms with E-state index < -0.39 is 0 Å². The number of hydrogen-bond acceptors (Lipinski definition) is 1. The fourth-order valence-corrected chi connectivity index (χ4v) is 1.28. The third-order valence-electron chi connectivity index (χ3n) is 2.25. The molecule has 0 N–H and O–H groups in total. The Hall–Kier alpha value is -1.55. The molecule has 0 aliphatic carbocycles. The molecule has 0 saturated heterocycles. The van der Waals surface area contributed by atoms with Gasteiger partial charge in [0.1, 0.15) is 6.29 Å². The molecule has 0 radical (unpaired) electrons. The summed E-state index contributed by atoms with van der Waals surface area (Å²) >= 11 is 0. The second-order valence-electron chi connectivity index (χ2n) is 3.42. The van der Waals surface area contributed by atoms with Crippen LogP contribution in [-0.4, -0.2) is 6.29 Å². The summed E-state index contributed by atoms with van der Waals surface area (Å²) in [6.07, 6.45) is 1.13. The van der Waals surface area contributed by atoms with Crippen LogP contribution in [0.1, 0.15) is 28.7 Å². The Labute approximate surface area is 85.1 Å². The molecule has 0 aliphatic rings. The minimum absolute atomic E-state index is 0.312. The van der Waals surface area contributed by atoms with Crippen LogP contribution in [0, 0.1) is 32.6 Å². The van der Waals surface area contributed by atoms with Gasteiger partial charge in [-0.1, -0.05) is 17.9 Å². The number of aldehydes is 1. The van der Waals surface area contributed by atoms with Crippen LogP contribution in [0.25, 0.3) is 0 Å². The van der Waals surface area contributed by atoms with E-state index in [1.807, 2.05) is 6.92 Å². The molecular weight excluding hydrogens is 172 g/mol. The maximum absolute atomic E-state index is 10.1. The van der Waals surface area contributed by atoms with Gasteiger partial charge in [0.15, 0.2) is 0 Å². The van der Waals surface area contributed by atoms with Crippen molar-refractivity contribution in [2.24, 2.45) is 0 Å². The van der Waals surface area contributed by atoms with Gasteiger partial charge in [0.2, 0.25) is 0 Å². The van der Waals surface area contributed by atoms with Gasteiger partial charge in [-0.25, -0.2) is 0 Å². The zero-order valence-electron chi connectivity index (χ0n) is 8.85. The molecule has 0 unspecified atom stereocenters. The Bertz CT molecular complexity index is 405. The molecule has 0 atom stereocenters. The summed E-state index contributed by atoms with van der Waals surface area (Å²) in [7, 11) is 0. The Morgan fingerprint density at radius 1 is 1.14 bits per heavy atom. The fraction of sp³-hybridized carbons (Fsp3) is 0.308. The van der Waals surface area contributed by atoms with Crippen LogP contribution in [0.5, 0.6) is 0 Å². The lowest BCUT2D eigenvalue weighted by Crippen LogP contribution is -1.88. The first-order chi connectivity index (χ1) is 6.65. The Balaban J connectivity index is 3.05. The summed E-state index contributed by atoms with van der Waals surface area (Å²) in [5.74, 6) is 5.82. The maximum atomic E-state index is 10.1. The van der Waals surface area contributed by atoms with Crippen LogP contribution in [0.2, 0.25) is 0 Å². The quantitative estimate of drug-likeness (QED) is 0.486. The van der Waals surface area contributed by atoms with E-state index in [9.17, 15) is 4.79 Å². The fourth-order valence-electron chi connectivity index (χ4n) is 1.28. The van der Waals surface area contributed by atoms with Crippen LogP contribution in [0.4, 0.5) is 0 Å². The van der Waals surface area contributed by atoms with Gasteiger partial charge < -0.3 is 4.79 Å². The maximum Gasteiger partial charge on any atom is 0.131 e. The highest BCUT2D eigenvalue weighted by Gasteiger charge is 1.98. The average Bonchev–Trinajstić information content (AvgIpc) is 2.14. The first-order valence-electron chi connectivity index (χ1n) is 4.65. The lowest BCUT2D eigenvalue weighted by atomic mass is 10.0. The molecule has 0 amide bonds. The number of hydrogen-bond donors (Lipinski definition) is 0. The second kappa shape index (κ2) is 4.62. The second-order valence-corrected chi connectivity index (χ2v) is 3.42. The van der Waals surface area contributed by atoms with Gasteiger partial charge in [0.25, 0.3) is 0 Å². The Morgan fingerprint density at radius 3 is 2.43 bits per heavy atom. The highest BCUT2D eigenvalue weighted by Crippen LogP contribution is 2.13. The Kier molecular flexibility index (Phi) is 3.48. The zero-order valence-corrected chi connectivity index (χ0v) is 8.85. The van der Waals surface area contributed by atoms with Gasteiger partial charge in [-0.05, 0) is 43.5 Å². The lowest BCUT2D eigenvalue weighted by molar-refractivity contribution is -0.107. The molecule has 1 aromatic carbocycles. The van der Waals surface area contributed by atoms with Crippen molar-refractivity contribution < 1.29 is 4.79 Å². The topological polar surface area (TPSA) is 17.1 Å². The standard InChI is InChI=1S/C13H14O/c1-10-8-12(3)13(9-11(10)2)6-4-5-7-14/h7-9H,5H2,1-3H3. The van der Waals surface area contributed by atoms with Crippen LogP contribution < -0.4 is 0 Å². The monoisotopic (exact) mass is 186 g/mol. The zero-order chi connectivity index (χ0) is 10.6. The van der Waals surface area contributed by atoms with Gasteiger partial charge in [-0.2, -0.15) is 0 Å². The molecule has 1 aromatic rings. The van der Waals surface area contributed by atoms with Crippen molar-refractivity contribution in [2.75, 3.05) is 0 Å². The largest absolute Gasteiger partial charge is 0.302 e. The summed E-state index contributed by atoms with van der Waals surface area (Å²) in [6, 6.07) is 4.20. The van der Waals surface area contributed by atoms with Crippen LogP contribution in [0.3, 0.4) is 0 Å². The molecule has 0 bridgehead atoms. The van der Waals surface area contributed by atoms with E-state index >= 15 is 0 Å². The summed E-state index contributed by atoms with van der Waals surface area (Å²) in [4.78, 5) is 10.1. The van der Waals surface area contributed by atoms with Crippen LogP contribution in [0.15, 0.2) is 12.1 Å². The van der Waals surface area contributed by atoms with Gasteiger partial charge in [-0.3, -0.25) is 0 Å². The minimum atomic E-state index is 0.312. The molecule has 1 rings (SSSR count). The predicted octanol–water partition coefficient (Wildman–Crippen LogP) is 2.55. The van der Waals surface area contributed by atoms with E-state index in [2.05, 4.69) is 37.8 Å². The lowest BCUT2D eigenvalue weighted by Gasteiger charge is -2.03. The summed E-state index contributed by atoms with van der Waals surface area (Å²) in [5, 5.41) is 0. The smallest absolute Gasteiger partial charge is 0.131 e. The van der Waals surface area contributed by atoms with Crippen LogP contribution >= 0.6 is 0 Å². The number of aryl methyl sites for hydroxylation is 3. The molecule has 0 aliphatic heterocycles. The first kappa shape index (κ1) is 10.5. The third kappa shape index (κ3) is 2.47. The molecule has 0 spiro atoms. The summed E-state index contributed by atoms with van der Waals surface area (Å²) < 4.78 is 0. The molecule has 72 valence electrons. The van der Waals surface area contributed by atoms with E-state index in [0.717, 1.165) is 11.8 Å². The van der Waals surface area contributed by atoms with E-state index in [-0.39, 0.29) is 0 Å². The highest BCUT2D eigenvalue weighted by atomic mass is 16.1. The molecule has 0 aromatic heterocycles. The summed E-state index contributed by atoms with van der Waals surface area (Å²) in [5.41, 5.74) is 4.72. The molecule has 1 nitrogen and oxygen atoms in total. The average molecular weight is 186 g/mol. The number of carbonyl (C=O) groups excluding carboxylic acids is 1. The van der Waals surface area contributed by atoms with Crippen molar-refractivity contribution in [1.29, 1.82) is 0 Å². The number of benzene rings is 1. The first-order valence-corrected chi connectivity index (χ1v) is 4.65. The van der Waals surface area contributed by atoms with E-state index in [1.165, 1.54) is 16.7 Å². The van der Waals surface area contributed by atoms with Gasteiger partial charge >= 0.3 is 0 Å². The van der Waals surface area contributed by atoms with Gasteiger partial charge in [0, 0.05) is 5.56 Å². The molecule has 1 heteroatoms. The van der Waals surface area contributed by atoms with Crippen molar-refractivity contribution in [2.45, 2.75) is 27.2 Å². The van der Waals surface area contributed by atoms with Gasteiger partial charge in [0.05, 0.1) is 6.42 Å². The van der Waals surface area contributed by atoms with E-state index in [4.69, 9.17) is 0 Å². The van der Waals surface area contributed by atoms with Crippen molar-refractivity contribution in [3.8, 4) is 11.8 Å². The Morgan fingerprint density at radius 2 is 1.79 bits per heavy atom. The van der Waals surface area contributed by atoms with Gasteiger partial charge in [-0.15, -0.1) is 0 Å². The number of rotatable bonds is 1.